The lowest BCUT2D eigenvalue weighted by atomic mass is 9.64. The van der Waals surface area contributed by atoms with E-state index in [0.717, 1.165) is 31.5 Å². The molecule has 2 fully saturated rings. The van der Waals surface area contributed by atoms with E-state index in [9.17, 15) is 5.11 Å². The van der Waals surface area contributed by atoms with Crippen molar-refractivity contribution < 1.29 is 9.63 Å². The Morgan fingerprint density at radius 1 is 1.15 bits per heavy atom. The summed E-state index contributed by atoms with van der Waals surface area (Å²) in [6.45, 7) is 0. The predicted molar refractivity (Wildman–Crippen MR) is 73.4 cm³/mol. The van der Waals surface area contributed by atoms with Gasteiger partial charge >= 0.3 is 0 Å². The third kappa shape index (κ3) is 1.71. The van der Waals surface area contributed by atoms with Crippen LogP contribution in [0.1, 0.15) is 55.3 Å². The van der Waals surface area contributed by atoms with Crippen molar-refractivity contribution in [2.45, 2.75) is 49.5 Å². The molecule has 1 N–H and O–H groups in total. The molecule has 0 unspecified atom stereocenters. The first-order valence-electron chi connectivity index (χ1n) is 7.36. The number of aliphatic hydroxyl groups excluding tert-OH is 1. The standard InChI is InChI=1S/C16H18N2O2/c19-13-9-11(10-13)14-17-15(18-20-14)16(7-4-8-16)12-5-2-1-3-6-12/h1-3,5-6,11,13,19H,4,7-10H2. The molecule has 4 heteroatoms. The van der Waals surface area contributed by atoms with E-state index in [4.69, 9.17) is 4.52 Å². The van der Waals surface area contributed by atoms with Crippen LogP contribution in [-0.2, 0) is 5.41 Å². The number of aliphatic hydroxyl groups is 1. The van der Waals surface area contributed by atoms with Gasteiger partial charge in [0.05, 0.1) is 11.5 Å². The molecule has 20 heavy (non-hydrogen) atoms. The van der Waals surface area contributed by atoms with Gasteiger partial charge in [-0.1, -0.05) is 41.9 Å². The fourth-order valence-electron chi connectivity index (χ4n) is 3.31. The van der Waals surface area contributed by atoms with Crippen molar-refractivity contribution >= 4 is 0 Å². The number of hydrogen-bond donors (Lipinski definition) is 1. The van der Waals surface area contributed by atoms with Crippen molar-refractivity contribution in [3.63, 3.8) is 0 Å². The molecule has 0 saturated heterocycles. The van der Waals surface area contributed by atoms with Gasteiger partial charge in [0.2, 0.25) is 5.89 Å². The lowest BCUT2D eigenvalue weighted by Crippen LogP contribution is -2.36. The van der Waals surface area contributed by atoms with Gasteiger partial charge in [-0.3, -0.25) is 0 Å². The van der Waals surface area contributed by atoms with Crippen molar-refractivity contribution in [3.8, 4) is 0 Å². The zero-order valence-electron chi connectivity index (χ0n) is 11.3. The first-order valence-corrected chi connectivity index (χ1v) is 7.36. The fraction of sp³-hybridized carbons (Fsp3) is 0.500. The second kappa shape index (κ2) is 4.42. The largest absolute Gasteiger partial charge is 0.393 e. The smallest absolute Gasteiger partial charge is 0.229 e. The molecular formula is C16H18N2O2. The topological polar surface area (TPSA) is 59.2 Å². The van der Waals surface area contributed by atoms with E-state index in [1.54, 1.807) is 0 Å². The molecule has 2 aliphatic carbocycles. The number of benzene rings is 1. The minimum atomic E-state index is -0.192. The van der Waals surface area contributed by atoms with Crippen molar-refractivity contribution in [1.82, 2.24) is 10.1 Å². The molecule has 104 valence electrons. The van der Waals surface area contributed by atoms with E-state index in [0.29, 0.717) is 5.89 Å². The summed E-state index contributed by atoms with van der Waals surface area (Å²) in [6, 6.07) is 10.5. The normalized spacial score (nSPS) is 27.6. The molecule has 0 aliphatic heterocycles. The maximum Gasteiger partial charge on any atom is 0.229 e. The van der Waals surface area contributed by atoms with Crippen LogP contribution in [0.15, 0.2) is 34.9 Å². The van der Waals surface area contributed by atoms with E-state index < -0.39 is 0 Å². The predicted octanol–water partition coefficient (Wildman–Crippen LogP) is 2.78. The Bertz CT molecular complexity index is 598. The Labute approximate surface area is 117 Å². The van der Waals surface area contributed by atoms with Gasteiger partial charge in [0, 0.05) is 5.92 Å². The highest BCUT2D eigenvalue weighted by Crippen LogP contribution is 2.48. The van der Waals surface area contributed by atoms with Gasteiger partial charge in [0.15, 0.2) is 5.82 Å². The maximum atomic E-state index is 9.39. The van der Waals surface area contributed by atoms with Gasteiger partial charge in [-0.05, 0) is 31.2 Å². The van der Waals surface area contributed by atoms with Crippen molar-refractivity contribution in [1.29, 1.82) is 0 Å². The molecule has 1 aromatic heterocycles. The number of nitrogens with zero attached hydrogens (tertiary/aromatic N) is 2. The number of hydrogen-bond acceptors (Lipinski definition) is 4. The van der Waals surface area contributed by atoms with Crippen molar-refractivity contribution in [2.75, 3.05) is 0 Å². The van der Waals surface area contributed by atoms with Crippen LogP contribution in [-0.4, -0.2) is 21.4 Å². The molecule has 0 radical (unpaired) electrons. The molecule has 0 spiro atoms. The van der Waals surface area contributed by atoms with Crippen molar-refractivity contribution in [3.05, 3.63) is 47.6 Å². The Morgan fingerprint density at radius 3 is 2.50 bits per heavy atom. The molecule has 4 nitrogen and oxygen atoms in total. The van der Waals surface area contributed by atoms with Gasteiger partial charge < -0.3 is 9.63 Å². The van der Waals surface area contributed by atoms with Crippen LogP contribution in [0.25, 0.3) is 0 Å². The van der Waals surface area contributed by atoms with E-state index in [1.807, 2.05) is 6.07 Å². The summed E-state index contributed by atoms with van der Waals surface area (Å²) >= 11 is 0. The van der Waals surface area contributed by atoms with Crippen LogP contribution >= 0.6 is 0 Å². The van der Waals surface area contributed by atoms with Gasteiger partial charge in [0.1, 0.15) is 0 Å². The molecule has 2 saturated carbocycles. The number of aromatic nitrogens is 2. The third-order valence-electron chi connectivity index (χ3n) is 4.87. The molecule has 0 amide bonds. The lowest BCUT2D eigenvalue weighted by Gasteiger charge is -2.39. The highest BCUT2D eigenvalue weighted by atomic mass is 16.5. The number of rotatable bonds is 3. The zero-order chi connectivity index (χ0) is 13.6. The van der Waals surface area contributed by atoms with Crippen LogP contribution in [0.4, 0.5) is 0 Å². The summed E-state index contributed by atoms with van der Waals surface area (Å²) < 4.78 is 5.45. The van der Waals surface area contributed by atoms with Gasteiger partial charge in [-0.2, -0.15) is 4.98 Å². The highest BCUT2D eigenvalue weighted by molar-refractivity contribution is 5.35. The minimum Gasteiger partial charge on any atom is -0.393 e. The van der Waals surface area contributed by atoms with Crippen LogP contribution < -0.4 is 0 Å². The van der Waals surface area contributed by atoms with Gasteiger partial charge in [0.25, 0.3) is 0 Å². The van der Waals surface area contributed by atoms with E-state index >= 15 is 0 Å². The first-order chi connectivity index (χ1) is 9.78. The Kier molecular flexibility index (Phi) is 2.67. The van der Waals surface area contributed by atoms with Crippen LogP contribution in [0, 0.1) is 0 Å². The zero-order valence-corrected chi connectivity index (χ0v) is 11.3. The van der Waals surface area contributed by atoms with Crippen molar-refractivity contribution in [2.24, 2.45) is 0 Å². The fourth-order valence-corrected chi connectivity index (χ4v) is 3.31. The Balaban J connectivity index is 1.65. The van der Waals surface area contributed by atoms with Crippen LogP contribution in [0.5, 0.6) is 0 Å². The Hall–Kier alpha value is -1.68. The van der Waals surface area contributed by atoms with Gasteiger partial charge in [-0.25, -0.2) is 0 Å². The minimum absolute atomic E-state index is 0.0502. The average molecular weight is 270 g/mol. The summed E-state index contributed by atoms with van der Waals surface area (Å²) in [6.07, 6.45) is 4.69. The van der Waals surface area contributed by atoms with E-state index in [-0.39, 0.29) is 17.4 Å². The second-order valence-corrected chi connectivity index (χ2v) is 6.08. The summed E-state index contributed by atoms with van der Waals surface area (Å²) in [5.74, 6) is 1.78. The third-order valence-corrected chi connectivity index (χ3v) is 4.87. The molecule has 4 rings (SSSR count). The van der Waals surface area contributed by atoms with Gasteiger partial charge in [-0.15, -0.1) is 0 Å². The SMILES string of the molecule is OC1CC(c2nc(C3(c4ccccc4)CCC3)no2)C1. The van der Waals surface area contributed by atoms with Crippen LogP contribution in [0.2, 0.25) is 0 Å². The Morgan fingerprint density at radius 2 is 1.90 bits per heavy atom. The highest BCUT2D eigenvalue weighted by Gasteiger charge is 2.45. The first kappa shape index (κ1) is 12.1. The second-order valence-electron chi connectivity index (χ2n) is 6.08. The van der Waals surface area contributed by atoms with E-state index in [2.05, 4.69) is 34.4 Å². The summed E-state index contributed by atoms with van der Waals surface area (Å²) in [5.41, 5.74) is 1.23. The van der Waals surface area contributed by atoms with Crippen LogP contribution in [0.3, 0.4) is 0 Å². The molecule has 1 aromatic carbocycles. The summed E-state index contributed by atoms with van der Waals surface area (Å²) in [5, 5.41) is 13.6. The maximum absolute atomic E-state index is 9.39. The molecule has 0 atom stereocenters. The summed E-state index contributed by atoms with van der Waals surface area (Å²) in [4.78, 5) is 4.65. The molecule has 0 bridgehead atoms. The quantitative estimate of drug-likeness (QED) is 0.931. The molecule has 2 aliphatic rings. The monoisotopic (exact) mass is 270 g/mol. The molecule has 2 aromatic rings. The average Bonchev–Trinajstić information content (AvgIpc) is 2.85. The molecular weight excluding hydrogens is 252 g/mol. The molecule has 1 heterocycles. The van der Waals surface area contributed by atoms with E-state index in [1.165, 1.54) is 12.0 Å². The summed E-state index contributed by atoms with van der Waals surface area (Å²) in [7, 11) is 0. The lowest BCUT2D eigenvalue weighted by molar-refractivity contribution is 0.0624.